The minimum absolute atomic E-state index is 1.03. The highest BCUT2D eigenvalue weighted by Gasteiger charge is 2.06. The summed E-state index contributed by atoms with van der Waals surface area (Å²) in [6, 6.07) is 23.1. The molecule has 104 valence electrons. The minimum Gasteiger partial charge on any atom is -0.248 e. The Kier molecular flexibility index (Phi) is 4.07. The average molecular weight is 291 g/mol. The third kappa shape index (κ3) is 3.17. The van der Waals surface area contributed by atoms with Gasteiger partial charge in [-0.25, -0.2) is 4.98 Å². The number of thioether (sulfide) groups is 1. The number of hydrogen-bond acceptors (Lipinski definition) is 2. The molecule has 2 heteroatoms. The van der Waals surface area contributed by atoms with Crippen LogP contribution in [0.5, 0.6) is 0 Å². The van der Waals surface area contributed by atoms with Gasteiger partial charge in [-0.05, 0) is 31.4 Å². The van der Waals surface area contributed by atoms with Crippen molar-refractivity contribution in [1.82, 2.24) is 4.98 Å². The molecule has 0 amide bonds. The van der Waals surface area contributed by atoms with Crippen molar-refractivity contribution in [2.24, 2.45) is 0 Å². The van der Waals surface area contributed by atoms with Gasteiger partial charge in [0.2, 0.25) is 0 Å². The fourth-order valence-electron chi connectivity index (χ4n) is 2.33. The van der Waals surface area contributed by atoms with Gasteiger partial charge in [0, 0.05) is 16.0 Å². The smallest absolute Gasteiger partial charge is 0.0720 e. The summed E-state index contributed by atoms with van der Waals surface area (Å²) in [6.07, 6.45) is 2.10. The van der Waals surface area contributed by atoms with Gasteiger partial charge in [0.15, 0.2) is 0 Å². The predicted molar refractivity (Wildman–Crippen MR) is 91.6 cm³/mol. The van der Waals surface area contributed by atoms with E-state index in [1.807, 2.05) is 6.07 Å². The summed E-state index contributed by atoms with van der Waals surface area (Å²) in [5.41, 5.74) is 5.64. The van der Waals surface area contributed by atoms with Crippen LogP contribution >= 0.6 is 11.8 Å². The van der Waals surface area contributed by atoms with E-state index in [0.717, 1.165) is 17.0 Å². The van der Waals surface area contributed by atoms with Crippen LogP contribution in [0.2, 0.25) is 0 Å². The van der Waals surface area contributed by atoms with Crippen LogP contribution in [0.3, 0.4) is 0 Å². The second-order valence-corrected chi connectivity index (χ2v) is 5.89. The van der Waals surface area contributed by atoms with Crippen molar-refractivity contribution in [3.63, 3.8) is 0 Å². The average Bonchev–Trinajstić information content (AvgIpc) is 2.55. The lowest BCUT2D eigenvalue weighted by molar-refractivity contribution is 1.26. The maximum Gasteiger partial charge on any atom is 0.0720 e. The highest BCUT2D eigenvalue weighted by atomic mass is 32.2. The highest BCUT2D eigenvalue weighted by molar-refractivity contribution is 7.98. The lowest BCUT2D eigenvalue weighted by atomic mass is 10.1. The summed E-state index contributed by atoms with van der Waals surface area (Å²) in [7, 11) is 0. The lowest BCUT2D eigenvalue weighted by Gasteiger charge is -2.09. The van der Waals surface area contributed by atoms with Crippen molar-refractivity contribution in [1.29, 1.82) is 0 Å². The van der Waals surface area contributed by atoms with E-state index in [0.29, 0.717) is 0 Å². The normalized spacial score (nSPS) is 10.6. The molecule has 1 nitrogen and oxygen atoms in total. The molecule has 3 aromatic rings. The monoisotopic (exact) mass is 291 g/mol. The third-order valence-corrected chi connectivity index (χ3v) is 4.13. The number of benzene rings is 2. The van der Waals surface area contributed by atoms with E-state index in [1.165, 1.54) is 16.0 Å². The molecule has 1 aromatic heterocycles. The first-order chi connectivity index (χ1) is 10.3. The van der Waals surface area contributed by atoms with E-state index in [-0.39, 0.29) is 0 Å². The molecule has 0 atom stereocenters. The Balaban J connectivity index is 2.14. The molecule has 3 rings (SSSR count). The van der Waals surface area contributed by atoms with Crippen LogP contribution in [0.15, 0.2) is 71.6 Å². The molecule has 0 fully saturated rings. The van der Waals surface area contributed by atoms with Gasteiger partial charge >= 0.3 is 0 Å². The van der Waals surface area contributed by atoms with Crippen LogP contribution < -0.4 is 0 Å². The maximum atomic E-state index is 4.85. The third-order valence-electron chi connectivity index (χ3n) is 3.42. The number of nitrogens with zero attached hydrogens (tertiary/aromatic N) is 1. The minimum atomic E-state index is 1.03. The van der Waals surface area contributed by atoms with Crippen LogP contribution in [0.1, 0.15) is 5.56 Å². The molecule has 21 heavy (non-hydrogen) atoms. The van der Waals surface area contributed by atoms with E-state index in [9.17, 15) is 0 Å². The Morgan fingerprint density at radius 3 is 2.10 bits per heavy atom. The van der Waals surface area contributed by atoms with Crippen molar-refractivity contribution < 1.29 is 0 Å². The Hall–Kier alpha value is -2.06. The molecule has 0 aliphatic carbocycles. The van der Waals surface area contributed by atoms with E-state index in [1.54, 1.807) is 11.8 Å². The number of pyridine rings is 1. The van der Waals surface area contributed by atoms with Gasteiger partial charge in [-0.3, -0.25) is 0 Å². The predicted octanol–water partition coefficient (Wildman–Crippen LogP) is 5.45. The second kappa shape index (κ2) is 6.15. The summed E-state index contributed by atoms with van der Waals surface area (Å²) in [5, 5.41) is 0. The molecular formula is C19H17NS. The number of aryl methyl sites for hydroxylation is 1. The number of rotatable bonds is 3. The zero-order valence-electron chi connectivity index (χ0n) is 12.2. The molecule has 0 radical (unpaired) electrons. The Morgan fingerprint density at radius 1 is 0.762 bits per heavy atom. The molecule has 0 aliphatic rings. The fraction of sp³-hybridized carbons (Fsp3) is 0.105. The molecule has 0 unspecified atom stereocenters. The van der Waals surface area contributed by atoms with Gasteiger partial charge in [0.1, 0.15) is 0 Å². The molecule has 0 N–H and O–H groups in total. The van der Waals surface area contributed by atoms with Gasteiger partial charge < -0.3 is 0 Å². The summed E-state index contributed by atoms with van der Waals surface area (Å²) < 4.78 is 0. The molecule has 0 bridgehead atoms. The van der Waals surface area contributed by atoms with Gasteiger partial charge in [-0.1, -0.05) is 54.1 Å². The van der Waals surface area contributed by atoms with E-state index in [4.69, 9.17) is 4.98 Å². The van der Waals surface area contributed by atoms with Gasteiger partial charge in [0.05, 0.1) is 11.4 Å². The summed E-state index contributed by atoms with van der Waals surface area (Å²) >= 11 is 1.75. The van der Waals surface area contributed by atoms with Crippen molar-refractivity contribution in [2.45, 2.75) is 11.8 Å². The van der Waals surface area contributed by atoms with Gasteiger partial charge in [0.25, 0.3) is 0 Å². The van der Waals surface area contributed by atoms with Gasteiger partial charge in [-0.2, -0.15) is 0 Å². The molecular weight excluding hydrogens is 274 g/mol. The summed E-state index contributed by atoms with van der Waals surface area (Å²) in [5.74, 6) is 0. The van der Waals surface area contributed by atoms with Crippen molar-refractivity contribution >= 4 is 11.8 Å². The number of aromatic nitrogens is 1. The first-order valence-electron chi connectivity index (χ1n) is 6.95. The SMILES string of the molecule is CSc1cc(-c2ccccc2)nc(-c2cccc(C)c2)c1. The first kappa shape index (κ1) is 13.9. The fourth-order valence-corrected chi connectivity index (χ4v) is 2.79. The Bertz CT molecular complexity index is 751. The van der Waals surface area contributed by atoms with E-state index >= 15 is 0 Å². The highest BCUT2D eigenvalue weighted by Crippen LogP contribution is 2.28. The molecule has 1 heterocycles. The van der Waals surface area contributed by atoms with Gasteiger partial charge in [-0.15, -0.1) is 11.8 Å². The maximum absolute atomic E-state index is 4.85. The van der Waals surface area contributed by atoms with Crippen LogP contribution in [0, 0.1) is 6.92 Å². The van der Waals surface area contributed by atoms with Crippen LogP contribution in [-0.4, -0.2) is 11.2 Å². The summed E-state index contributed by atoms with van der Waals surface area (Å²) in [4.78, 5) is 6.09. The zero-order valence-corrected chi connectivity index (χ0v) is 13.0. The summed E-state index contributed by atoms with van der Waals surface area (Å²) in [6.45, 7) is 2.11. The van der Waals surface area contributed by atoms with Crippen LogP contribution in [-0.2, 0) is 0 Å². The molecule has 2 aromatic carbocycles. The van der Waals surface area contributed by atoms with E-state index in [2.05, 4.69) is 73.8 Å². The Labute approximate surface area is 130 Å². The largest absolute Gasteiger partial charge is 0.248 e. The molecule has 0 spiro atoms. The Morgan fingerprint density at radius 2 is 1.43 bits per heavy atom. The second-order valence-electron chi connectivity index (χ2n) is 5.01. The first-order valence-corrected chi connectivity index (χ1v) is 8.17. The molecule has 0 saturated heterocycles. The zero-order chi connectivity index (χ0) is 14.7. The number of hydrogen-bond donors (Lipinski definition) is 0. The lowest BCUT2D eigenvalue weighted by Crippen LogP contribution is -1.90. The van der Waals surface area contributed by atoms with E-state index < -0.39 is 0 Å². The van der Waals surface area contributed by atoms with Crippen molar-refractivity contribution in [3.05, 3.63) is 72.3 Å². The van der Waals surface area contributed by atoms with Crippen molar-refractivity contribution in [2.75, 3.05) is 6.26 Å². The standard InChI is InChI=1S/C19H17NS/c1-14-7-6-10-16(11-14)19-13-17(21-2)12-18(20-19)15-8-4-3-5-9-15/h3-13H,1-2H3. The topological polar surface area (TPSA) is 12.9 Å². The van der Waals surface area contributed by atoms with Crippen LogP contribution in [0.4, 0.5) is 0 Å². The van der Waals surface area contributed by atoms with Crippen LogP contribution in [0.25, 0.3) is 22.5 Å². The quantitative estimate of drug-likeness (QED) is 0.595. The molecule has 0 saturated carbocycles. The molecule has 0 aliphatic heterocycles. The van der Waals surface area contributed by atoms with Crippen molar-refractivity contribution in [3.8, 4) is 22.5 Å².